The summed E-state index contributed by atoms with van der Waals surface area (Å²) >= 11 is 9.39. The largest absolute Gasteiger partial charge is 0.229 e. The molecule has 0 atom stereocenters. The van der Waals surface area contributed by atoms with E-state index in [2.05, 4.69) is 35.9 Å². The zero-order chi connectivity index (χ0) is 14.1. The molecular weight excluding hydrogens is 308 g/mol. The van der Waals surface area contributed by atoms with E-state index in [0.717, 1.165) is 20.6 Å². The van der Waals surface area contributed by atoms with E-state index < -0.39 is 0 Å². The lowest BCUT2D eigenvalue weighted by molar-refractivity contribution is 1.10. The van der Waals surface area contributed by atoms with Gasteiger partial charge in [-0.3, -0.25) is 0 Å². The van der Waals surface area contributed by atoms with Crippen LogP contribution in [0, 0.1) is 13.8 Å². The van der Waals surface area contributed by atoms with E-state index in [9.17, 15) is 0 Å². The van der Waals surface area contributed by atoms with Gasteiger partial charge in [-0.2, -0.15) is 0 Å². The number of fused-ring (bicyclic) bond motifs is 1. The zero-order valence-electron chi connectivity index (χ0n) is 11.2. The molecule has 0 N–H and O–H groups in total. The fraction of sp³-hybridized carbons (Fsp3) is 0.200. The van der Waals surface area contributed by atoms with Gasteiger partial charge in [-0.15, -0.1) is 23.1 Å². The monoisotopic (exact) mass is 320 g/mol. The number of hydrogen-bond donors (Lipinski definition) is 0. The molecule has 3 rings (SSSR count). The topological polar surface area (TPSA) is 25.8 Å². The molecule has 0 unspecified atom stereocenters. The van der Waals surface area contributed by atoms with Crippen molar-refractivity contribution in [1.29, 1.82) is 0 Å². The molecule has 0 saturated carbocycles. The lowest BCUT2D eigenvalue weighted by Gasteiger charge is -2.04. The zero-order valence-corrected chi connectivity index (χ0v) is 13.6. The highest BCUT2D eigenvalue weighted by atomic mass is 35.5. The van der Waals surface area contributed by atoms with Crippen molar-refractivity contribution in [3.8, 4) is 0 Å². The third kappa shape index (κ3) is 2.68. The molecule has 0 aliphatic heterocycles. The normalized spacial score (nSPS) is 11.2. The van der Waals surface area contributed by atoms with Crippen LogP contribution in [0.4, 0.5) is 0 Å². The Morgan fingerprint density at radius 3 is 2.65 bits per heavy atom. The van der Waals surface area contributed by atoms with E-state index in [0.29, 0.717) is 0 Å². The lowest BCUT2D eigenvalue weighted by Crippen LogP contribution is -1.87. The van der Waals surface area contributed by atoms with Crippen LogP contribution in [0.2, 0.25) is 5.02 Å². The Kier molecular flexibility index (Phi) is 3.96. The SMILES string of the molecule is Cc1sc2ncnc(SCc3ccc(Cl)cc3)c2c1C. The van der Waals surface area contributed by atoms with Crippen molar-refractivity contribution < 1.29 is 0 Å². The summed E-state index contributed by atoms with van der Waals surface area (Å²) in [5.41, 5.74) is 2.54. The van der Waals surface area contributed by atoms with Crippen molar-refractivity contribution in [3.63, 3.8) is 0 Å². The van der Waals surface area contributed by atoms with Gasteiger partial charge < -0.3 is 0 Å². The summed E-state index contributed by atoms with van der Waals surface area (Å²) in [7, 11) is 0. The lowest BCUT2D eigenvalue weighted by atomic mass is 10.2. The molecule has 0 fully saturated rings. The predicted octanol–water partition coefficient (Wildman–Crippen LogP) is 5.25. The second kappa shape index (κ2) is 5.72. The number of rotatable bonds is 3. The van der Waals surface area contributed by atoms with Gasteiger partial charge in [0.05, 0.1) is 0 Å². The van der Waals surface area contributed by atoms with Crippen molar-refractivity contribution >= 4 is 44.9 Å². The standard InChI is InChI=1S/C15H13ClN2S2/c1-9-10(2)20-15-13(9)14(17-8-18-15)19-7-11-3-5-12(16)6-4-11/h3-6,8H,7H2,1-2H3. The summed E-state index contributed by atoms with van der Waals surface area (Å²) in [6.07, 6.45) is 1.65. The van der Waals surface area contributed by atoms with Crippen molar-refractivity contribution in [2.45, 2.75) is 24.6 Å². The van der Waals surface area contributed by atoms with Crippen molar-refractivity contribution in [1.82, 2.24) is 9.97 Å². The highest BCUT2D eigenvalue weighted by molar-refractivity contribution is 7.98. The van der Waals surface area contributed by atoms with Crippen LogP contribution in [-0.2, 0) is 5.75 Å². The van der Waals surface area contributed by atoms with Crippen LogP contribution in [0.15, 0.2) is 35.6 Å². The number of thiophene rings is 1. The van der Waals surface area contributed by atoms with Crippen LogP contribution < -0.4 is 0 Å². The third-order valence-corrected chi connectivity index (χ3v) is 5.65. The Morgan fingerprint density at radius 2 is 1.90 bits per heavy atom. The smallest absolute Gasteiger partial charge is 0.128 e. The summed E-state index contributed by atoms with van der Waals surface area (Å²) < 4.78 is 0. The molecular formula is C15H13ClN2S2. The van der Waals surface area contributed by atoms with Crippen LogP contribution in [-0.4, -0.2) is 9.97 Å². The molecule has 0 spiro atoms. The van der Waals surface area contributed by atoms with E-state index in [4.69, 9.17) is 11.6 Å². The summed E-state index contributed by atoms with van der Waals surface area (Å²) in [6, 6.07) is 7.96. The van der Waals surface area contributed by atoms with E-state index in [-0.39, 0.29) is 0 Å². The molecule has 0 radical (unpaired) electrons. The Labute approximate surface area is 131 Å². The molecule has 2 nitrogen and oxygen atoms in total. The van der Waals surface area contributed by atoms with Gasteiger partial charge in [0.25, 0.3) is 0 Å². The molecule has 0 bridgehead atoms. The number of aromatic nitrogens is 2. The number of benzene rings is 1. The second-order valence-corrected chi connectivity index (χ2v) is 7.16. The quantitative estimate of drug-likeness (QED) is 0.486. The van der Waals surface area contributed by atoms with E-state index >= 15 is 0 Å². The van der Waals surface area contributed by atoms with Gasteiger partial charge in [-0.05, 0) is 37.1 Å². The predicted molar refractivity (Wildman–Crippen MR) is 87.9 cm³/mol. The van der Waals surface area contributed by atoms with Crippen LogP contribution in [0.3, 0.4) is 0 Å². The van der Waals surface area contributed by atoms with Gasteiger partial charge >= 0.3 is 0 Å². The van der Waals surface area contributed by atoms with Gasteiger partial charge in [-0.1, -0.05) is 23.7 Å². The second-order valence-electron chi connectivity index (χ2n) is 4.56. The third-order valence-electron chi connectivity index (χ3n) is 3.22. The molecule has 2 aromatic heterocycles. The van der Waals surface area contributed by atoms with Crippen LogP contribution in [0.25, 0.3) is 10.2 Å². The summed E-state index contributed by atoms with van der Waals surface area (Å²) in [6.45, 7) is 4.28. The molecule has 0 amide bonds. The van der Waals surface area contributed by atoms with Crippen molar-refractivity contribution in [3.05, 3.63) is 51.6 Å². The Hall–Kier alpha value is -1.10. The van der Waals surface area contributed by atoms with Crippen molar-refractivity contribution in [2.75, 3.05) is 0 Å². The first-order chi connectivity index (χ1) is 9.65. The fourth-order valence-corrected chi connectivity index (χ4v) is 4.19. The van der Waals surface area contributed by atoms with Gasteiger partial charge in [0.1, 0.15) is 16.2 Å². The fourth-order valence-electron chi connectivity index (χ4n) is 1.99. The summed E-state index contributed by atoms with van der Waals surface area (Å²) in [5, 5.41) is 3.04. The molecule has 102 valence electrons. The van der Waals surface area contributed by atoms with E-state index in [1.807, 2.05) is 12.1 Å². The van der Waals surface area contributed by atoms with Crippen LogP contribution >= 0.6 is 34.7 Å². The minimum Gasteiger partial charge on any atom is -0.229 e. The highest BCUT2D eigenvalue weighted by Crippen LogP contribution is 2.35. The highest BCUT2D eigenvalue weighted by Gasteiger charge is 2.12. The average molecular weight is 321 g/mol. The maximum Gasteiger partial charge on any atom is 0.128 e. The minimum atomic E-state index is 0.771. The number of nitrogens with zero attached hydrogens (tertiary/aromatic N) is 2. The molecule has 5 heteroatoms. The maximum atomic E-state index is 5.90. The molecule has 3 aromatic rings. The van der Waals surface area contributed by atoms with Gasteiger partial charge in [0.2, 0.25) is 0 Å². The van der Waals surface area contributed by atoms with E-state index in [1.165, 1.54) is 21.4 Å². The molecule has 0 aliphatic rings. The molecule has 0 aliphatic carbocycles. The summed E-state index contributed by atoms with van der Waals surface area (Å²) in [4.78, 5) is 11.2. The van der Waals surface area contributed by atoms with Gasteiger partial charge in [0.15, 0.2) is 0 Å². The number of thioether (sulfide) groups is 1. The first kappa shape index (κ1) is 13.9. The number of aryl methyl sites for hydroxylation is 2. The van der Waals surface area contributed by atoms with Crippen LogP contribution in [0.1, 0.15) is 16.0 Å². The van der Waals surface area contributed by atoms with Gasteiger partial charge in [0, 0.05) is 21.0 Å². The first-order valence-corrected chi connectivity index (χ1v) is 8.41. The Bertz CT molecular complexity index is 750. The Morgan fingerprint density at radius 1 is 1.15 bits per heavy atom. The Balaban J connectivity index is 1.89. The summed E-state index contributed by atoms with van der Waals surface area (Å²) in [5.74, 6) is 0.887. The maximum absolute atomic E-state index is 5.90. The number of halogens is 1. The van der Waals surface area contributed by atoms with Gasteiger partial charge in [-0.25, -0.2) is 9.97 Å². The minimum absolute atomic E-state index is 0.771. The first-order valence-electron chi connectivity index (χ1n) is 6.23. The molecule has 1 aromatic carbocycles. The van der Waals surface area contributed by atoms with E-state index in [1.54, 1.807) is 29.4 Å². The van der Waals surface area contributed by atoms with Crippen molar-refractivity contribution in [2.24, 2.45) is 0 Å². The molecule has 0 saturated heterocycles. The number of hydrogen-bond acceptors (Lipinski definition) is 4. The van der Waals surface area contributed by atoms with Crippen LogP contribution in [0.5, 0.6) is 0 Å². The molecule has 20 heavy (non-hydrogen) atoms. The molecule has 2 heterocycles. The average Bonchev–Trinajstić information content (AvgIpc) is 2.74.